The molecule has 0 bridgehead atoms. The molecule has 0 spiro atoms. The quantitative estimate of drug-likeness (QED) is 0.544. The van der Waals surface area contributed by atoms with Crippen molar-refractivity contribution in [1.82, 2.24) is 4.68 Å². The Morgan fingerprint density at radius 1 is 1.10 bits per heavy atom. The van der Waals surface area contributed by atoms with E-state index in [1.54, 1.807) is 11.3 Å². The topological polar surface area (TPSA) is 38.9 Å². The lowest BCUT2D eigenvalue weighted by molar-refractivity contribution is 0.117. The van der Waals surface area contributed by atoms with E-state index in [1.165, 1.54) is 22.3 Å². The Hall–Kier alpha value is -2.50. The molecular formula is C24H27N3OS. The number of rotatable bonds is 5. The van der Waals surface area contributed by atoms with Gasteiger partial charge in [0.1, 0.15) is 0 Å². The van der Waals surface area contributed by atoms with E-state index in [9.17, 15) is 0 Å². The number of benzene rings is 2. The Morgan fingerprint density at radius 3 is 2.66 bits per heavy atom. The first kappa shape index (κ1) is 19.8. The zero-order valence-electron chi connectivity index (χ0n) is 17.3. The largest absolute Gasteiger partial charge is 0.376 e. The second kappa shape index (κ2) is 8.89. The predicted molar refractivity (Wildman–Crippen MR) is 121 cm³/mol. The van der Waals surface area contributed by atoms with Crippen molar-refractivity contribution >= 4 is 17.6 Å². The molecule has 150 valence electrons. The van der Waals surface area contributed by atoms with E-state index in [4.69, 9.17) is 14.8 Å². The zero-order chi connectivity index (χ0) is 20.2. The summed E-state index contributed by atoms with van der Waals surface area (Å²) < 4.78 is 7.72. The molecule has 5 heteroatoms. The van der Waals surface area contributed by atoms with E-state index in [1.807, 2.05) is 29.1 Å². The SMILES string of the molecule is Cc1cc(C)c(-c2csc(=NCC3CCCO3)n2N=Cc2ccccc2)cc1C. The Bertz CT molecular complexity index is 1070. The van der Waals surface area contributed by atoms with Crippen LogP contribution in [-0.2, 0) is 4.74 Å². The molecule has 4 rings (SSSR count). The van der Waals surface area contributed by atoms with E-state index in [2.05, 4.69) is 50.4 Å². The van der Waals surface area contributed by atoms with Gasteiger partial charge < -0.3 is 4.74 Å². The van der Waals surface area contributed by atoms with Gasteiger partial charge in [0.05, 0.1) is 24.6 Å². The van der Waals surface area contributed by atoms with Gasteiger partial charge in [0.25, 0.3) is 0 Å². The van der Waals surface area contributed by atoms with Gasteiger partial charge in [-0.2, -0.15) is 5.10 Å². The molecule has 2 aromatic carbocycles. The molecular weight excluding hydrogens is 378 g/mol. The van der Waals surface area contributed by atoms with Crippen molar-refractivity contribution in [2.24, 2.45) is 10.1 Å². The minimum atomic E-state index is 0.232. The average Bonchev–Trinajstić information content (AvgIpc) is 3.38. The average molecular weight is 406 g/mol. The molecule has 1 aliphatic heterocycles. The van der Waals surface area contributed by atoms with E-state index in [-0.39, 0.29) is 6.10 Å². The zero-order valence-corrected chi connectivity index (χ0v) is 18.1. The monoisotopic (exact) mass is 405 g/mol. The van der Waals surface area contributed by atoms with Crippen LogP contribution in [0.5, 0.6) is 0 Å². The fourth-order valence-electron chi connectivity index (χ4n) is 3.57. The van der Waals surface area contributed by atoms with Gasteiger partial charge >= 0.3 is 0 Å². The van der Waals surface area contributed by atoms with Gasteiger partial charge in [-0.25, -0.2) is 4.68 Å². The lowest BCUT2D eigenvalue weighted by Gasteiger charge is -2.11. The highest BCUT2D eigenvalue weighted by atomic mass is 32.1. The fraction of sp³-hybridized carbons (Fsp3) is 0.333. The Balaban J connectivity index is 1.77. The van der Waals surface area contributed by atoms with E-state index < -0.39 is 0 Å². The highest BCUT2D eigenvalue weighted by Crippen LogP contribution is 2.27. The summed E-state index contributed by atoms with van der Waals surface area (Å²) in [5, 5.41) is 6.98. The third-order valence-corrected chi connectivity index (χ3v) is 6.23. The van der Waals surface area contributed by atoms with E-state index >= 15 is 0 Å². The van der Waals surface area contributed by atoms with Crippen LogP contribution in [0.4, 0.5) is 0 Å². The summed E-state index contributed by atoms with van der Waals surface area (Å²) in [7, 11) is 0. The highest BCUT2D eigenvalue weighted by Gasteiger charge is 2.16. The van der Waals surface area contributed by atoms with Crippen molar-refractivity contribution in [1.29, 1.82) is 0 Å². The van der Waals surface area contributed by atoms with Gasteiger partial charge in [0, 0.05) is 17.6 Å². The molecule has 1 atom stereocenters. The highest BCUT2D eigenvalue weighted by molar-refractivity contribution is 7.07. The number of aromatic nitrogens is 1. The lowest BCUT2D eigenvalue weighted by atomic mass is 9.99. The molecule has 29 heavy (non-hydrogen) atoms. The van der Waals surface area contributed by atoms with Crippen molar-refractivity contribution < 1.29 is 4.74 Å². The maximum Gasteiger partial charge on any atom is 0.206 e. The summed E-state index contributed by atoms with van der Waals surface area (Å²) in [6.07, 6.45) is 4.35. The molecule has 1 aliphatic rings. The number of thiazole rings is 1. The second-order valence-corrected chi connectivity index (χ2v) is 8.43. The fourth-order valence-corrected chi connectivity index (χ4v) is 4.41. The van der Waals surface area contributed by atoms with Crippen LogP contribution in [0.1, 0.15) is 35.1 Å². The number of aryl methyl sites for hydroxylation is 3. The minimum absolute atomic E-state index is 0.232. The van der Waals surface area contributed by atoms with Gasteiger partial charge in [0.2, 0.25) is 4.80 Å². The molecule has 1 saturated heterocycles. The van der Waals surface area contributed by atoms with Gasteiger partial charge in [0.15, 0.2) is 0 Å². The van der Waals surface area contributed by atoms with Crippen molar-refractivity contribution in [3.05, 3.63) is 74.9 Å². The van der Waals surface area contributed by atoms with Crippen LogP contribution in [0, 0.1) is 20.8 Å². The minimum Gasteiger partial charge on any atom is -0.376 e. The third-order valence-electron chi connectivity index (χ3n) is 5.38. The Morgan fingerprint density at radius 2 is 1.90 bits per heavy atom. The molecule has 4 nitrogen and oxygen atoms in total. The number of ether oxygens (including phenoxy) is 1. The van der Waals surface area contributed by atoms with Gasteiger partial charge in [-0.05, 0) is 61.9 Å². The molecule has 0 N–H and O–H groups in total. The van der Waals surface area contributed by atoms with Gasteiger partial charge in [-0.1, -0.05) is 36.4 Å². The molecule has 0 radical (unpaired) electrons. The standard InChI is InChI=1S/C24H27N3OS/c1-17-12-19(3)22(13-18(17)2)23-16-29-24(25-15-21-10-7-11-28-21)27(23)26-14-20-8-5-4-6-9-20/h4-6,8-9,12-14,16,21H,7,10-11,15H2,1-3H3. The first-order chi connectivity index (χ1) is 14.1. The van der Waals surface area contributed by atoms with E-state index in [0.29, 0.717) is 6.54 Å². The smallest absolute Gasteiger partial charge is 0.206 e. The van der Waals surface area contributed by atoms with Crippen LogP contribution in [-0.4, -0.2) is 30.1 Å². The summed E-state index contributed by atoms with van der Waals surface area (Å²) in [6, 6.07) is 14.7. The van der Waals surface area contributed by atoms with Crippen LogP contribution in [0.25, 0.3) is 11.3 Å². The first-order valence-corrected chi connectivity index (χ1v) is 11.0. The van der Waals surface area contributed by atoms with Gasteiger partial charge in [-0.15, -0.1) is 11.3 Å². The Labute approximate surface area is 176 Å². The maximum atomic E-state index is 5.75. The van der Waals surface area contributed by atoms with Crippen LogP contribution in [0.15, 0.2) is 57.9 Å². The Kier molecular flexibility index (Phi) is 6.07. The summed E-state index contributed by atoms with van der Waals surface area (Å²) in [5.74, 6) is 0. The molecule has 0 saturated carbocycles. The number of hydrogen-bond donors (Lipinski definition) is 0. The summed E-state index contributed by atoms with van der Waals surface area (Å²) in [4.78, 5) is 5.76. The molecule has 0 aliphatic carbocycles. The molecule has 2 heterocycles. The number of hydrogen-bond acceptors (Lipinski definition) is 4. The van der Waals surface area contributed by atoms with Crippen molar-refractivity contribution in [2.45, 2.75) is 39.7 Å². The second-order valence-electron chi connectivity index (χ2n) is 7.60. The number of nitrogens with zero attached hydrogens (tertiary/aromatic N) is 3. The first-order valence-electron chi connectivity index (χ1n) is 10.1. The normalized spacial score (nSPS) is 17.5. The van der Waals surface area contributed by atoms with Crippen molar-refractivity contribution in [2.75, 3.05) is 13.2 Å². The molecule has 0 amide bonds. The lowest BCUT2D eigenvalue weighted by Crippen LogP contribution is -2.17. The van der Waals surface area contributed by atoms with Crippen molar-refractivity contribution in [3.63, 3.8) is 0 Å². The molecule has 3 aromatic rings. The third kappa shape index (κ3) is 4.57. The van der Waals surface area contributed by atoms with Gasteiger partial charge in [-0.3, -0.25) is 4.99 Å². The van der Waals surface area contributed by atoms with Crippen LogP contribution in [0.3, 0.4) is 0 Å². The summed E-state index contributed by atoms with van der Waals surface area (Å²) >= 11 is 1.64. The maximum absolute atomic E-state index is 5.75. The van der Waals surface area contributed by atoms with Crippen LogP contribution >= 0.6 is 11.3 Å². The molecule has 1 aromatic heterocycles. The predicted octanol–water partition coefficient (Wildman–Crippen LogP) is 5.10. The molecule has 1 fully saturated rings. The van der Waals surface area contributed by atoms with E-state index in [0.717, 1.165) is 35.5 Å². The van der Waals surface area contributed by atoms with Crippen LogP contribution < -0.4 is 4.80 Å². The molecule has 1 unspecified atom stereocenters. The van der Waals surface area contributed by atoms with Crippen molar-refractivity contribution in [3.8, 4) is 11.3 Å². The summed E-state index contributed by atoms with van der Waals surface area (Å²) in [5.41, 5.74) is 7.19. The van der Waals surface area contributed by atoms with Crippen LogP contribution in [0.2, 0.25) is 0 Å². The summed E-state index contributed by atoms with van der Waals surface area (Å²) in [6.45, 7) is 8.01.